The molecule has 2 rings (SSSR count). The van der Waals surface area contributed by atoms with Crippen LogP contribution in [0.1, 0.15) is 11.6 Å². The van der Waals surface area contributed by atoms with E-state index in [0.29, 0.717) is 15.8 Å². The lowest BCUT2D eigenvalue weighted by molar-refractivity contribution is 0.626. The molecule has 2 N–H and O–H groups in total. The van der Waals surface area contributed by atoms with Crippen molar-refractivity contribution in [2.75, 3.05) is 5.75 Å². The summed E-state index contributed by atoms with van der Waals surface area (Å²) < 4.78 is 12.8. The number of hydrogen-bond donors (Lipinski definition) is 1. The van der Waals surface area contributed by atoms with E-state index in [9.17, 15) is 4.39 Å². The predicted octanol–water partition coefficient (Wildman–Crippen LogP) is 4.92. The number of benzene rings is 2. The summed E-state index contributed by atoms with van der Waals surface area (Å²) in [5, 5.41) is 1.07. The second-order valence-electron chi connectivity index (χ2n) is 4.04. The van der Waals surface area contributed by atoms with E-state index in [-0.39, 0.29) is 11.9 Å². The van der Waals surface area contributed by atoms with E-state index >= 15 is 0 Å². The van der Waals surface area contributed by atoms with E-state index in [1.165, 1.54) is 12.1 Å². The molecule has 100 valence electrons. The maximum atomic E-state index is 12.8. The minimum atomic E-state index is -0.256. The Balaban J connectivity index is 1.98. The molecule has 0 saturated carbocycles. The SMILES string of the molecule is NC(CSc1ccc(Cl)c(Cl)c1)c1ccc(F)cc1. The Morgan fingerprint density at radius 2 is 1.74 bits per heavy atom. The van der Waals surface area contributed by atoms with Crippen LogP contribution >= 0.6 is 35.0 Å². The van der Waals surface area contributed by atoms with E-state index in [1.807, 2.05) is 12.1 Å². The molecule has 0 amide bonds. The van der Waals surface area contributed by atoms with Crippen molar-refractivity contribution < 1.29 is 4.39 Å². The maximum absolute atomic E-state index is 12.8. The summed E-state index contributed by atoms with van der Waals surface area (Å²) in [6, 6.07) is 11.6. The fourth-order valence-electron chi connectivity index (χ4n) is 1.56. The highest BCUT2D eigenvalue weighted by Gasteiger charge is 2.08. The number of halogens is 3. The van der Waals surface area contributed by atoms with Gasteiger partial charge in [0.05, 0.1) is 10.0 Å². The first kappa shape index (κ1) is 14.7. The zero-order valence-electron chi connectivity index (χ0n) is 9.95. The second kappa shape index (κ2) is 6.62. The summed E-state index contributed by atoms with van der Waals surface area (Å²) in [6.45, 7) is 0. The first-order valence-corrected chi connectivity index (χ1v) is 7.39. The third kappa shape index (κ3) is 4.11. The van der Waals surface area contributed by atoms with Crippen LogP contribution < -0.4 is 5.73 Å². The molecule has 0 aliphatic rings. The Labute approximate surface area is 125 Å². The predicted molar refractivity (Wildman–Crippen MR) is 80.5 cm³/mol. The molecule has 1 atom stereocenters. The molecule has 0 aliphatic heterocycles. The van der Waals surface area contributed by atoms with E-state index in [2.05, 4.69) is 0 Å². The number of hydrogen-bond acceptors (Lipinski definition) is 2. The summed E-state index contributed by atoms with van der Waals surface area (Å²) in [6.07, 6.45) is 0. The quantitative estimate of drug-likeness (QED) is 0.810. The Bertz CT molecular complexity index is 560. The van der Waals surface area contributed by atoms with E-state index in [0.717, 1.165) is 10.5 Å². The van der Waals surface area contributed by atoms with Gasteiger partial charge >= 0.3 is 0 Å². The van der Waals surface area contributed by atoms with Crippen LogP contribution in [-0.2, 0) is 0 Å². The van der Waals surface area contributed by atoms with Gasteiger partial charge < -0.3 is 5.73 Å². The van der Waals surface area contributed by atoms with Gasteiger partial charge in [0, 0.05) is 16.7 Å². The zero-order chi connectivity index (χ0) is 13.8. The highest BCUT2D eigenvalue weighted by atomic mass is 35.5. The van der Waals surface area contributed by atoms with Crippen LogP contribution in [0.5, 0.6) is 0 Å². The van der Waals surface area contributed by atoms with Crippen molar-refractivity contribution in [3.8, 4) is 0 Å². The molecule has 2 aromatic rings. The molecule has 0 radical (unpaired) electrons. The minimum absolute atomic E-state index is 0.153. The number of thioether (sulfide) groups is 1. The molecule has 1 unspecified atom stereocenters. The van der Waals surface area contributed by atoms with Crippen molar-refractivity contribution >= 4 is 35.0 Å². The molecular weight excluding hydrogens is 304 g/mol. The van der Waals surface area contributed by atoms with Gasteiger partial charge in [-0.1, -0.05) is 35.3 Å². The molecule has 0 heterocycles. The van der Waals surface area contributed by atoms with Crippen molar-refractivity contribution in [1.82, 2.24) is 0 Å². The van der Waals surface area contributed by atoms with Crippen molar-refractivity contribution in [2.24, 2.45) is 5.73 Å². The number of nitrogens with two attached hydrogens (primary N) is 1. The molecule has 5 heteroatoms. The van der Waals surface area contributed by atoms with Gasteiger partial charge in [0.15, 0.2) is 0 Å². The highest BCUT2D eigenvalue weighted by Crippen LogP contribution is 2.29. The van der Waals surface area contributed by atoms with E-state index < -0.39 is 0 Å². The average molecular weight is 316 g/mol. The van der Waals surface area contributed by atoms with Gasteiger partial charge in [-0.3, -0.25) is 0 Å². The van der Waals surface area contributed by atoms with Crippen molar-refractivity contribution in [1.29, 1.82) is 0 Å². The molecule has 2 aromatic carbocycles. The number of rotatable bonds is 4. The standard InChI is InChI=1S/C14H12Cl2FNS/c15-12-6-5-11(7-13(12)16)19-8-14(18)9-1-3-10(17)4-2-9/h1-7,14H,8,18H2. The molecular formula is C14H12Cl2FNS. The van der Waals surface area contributed by atoms with E-state index in [1.54, 1.807) is 30.0 Å². The van der Waals surface area contributed by atoms with Crippen molar-refractivity contribution in [3.05, 3.63) is 63.9 Å². The molecule has 0 aliphatic carbocycles. The van der Waals surface area contributed by atoms with Crippen molar-refractivity contribution in [3.63, 3.8) is 0 Å². The lowest BCUT2D eigenvalue weighted by Gasteiger charge is -2.12. The molecule has 0 saturated heterocycles. The van der Waals surface area contributed by atoms with Gasteiger partial charge in [-0.2, -0.15) is 0 Å². The van der Waals surface area contributed by atoms with E-state index in [4.69, 9.17) is 28.9 Å². The smallest absolute Gasteiger partial charge is 0.123 e. The summed E-state index contributed by atoms with van der Waals surface area (Å²) in [4.78, 5) is 1.01. The lowest BCUT2D eigenvalue weighted by atomic mass is 10.1. The van der Waals surface area contributed by atoms with Crippen LogP contribution in [0.15, 0.2) is 47.4 Å². The topological polar surface area (TPSA) is 26.0 Å². The van der Waals surface area contributed by atoms with Crippen LogP contribution in [-0.4, -0.2) is 5.75 Å². The Kier molecular flexibility index (Phi) is 5.11. The maximum Gasteiger partial charge on any atom is 0.123 e. The van der Waals surface area contributed by atoms with Gasteiger partial charge in [-0.25, -0.2) is 4.39 Å². The molecule has 19 heavy (non-hydrogen) atoms. The molecule has 0 spiro atoms. The third-order valence-corrected chi connectivity index (χ3v) is 4.47. The van der Waals surface area contributed by atoms with Gasteiger partial charge in [-0.05, 0) is 35.9 Å². The molecule has 0 fully saturated rings. The normalized spacial score (nSPS) is 12.4. The minimum Gasteiger partial charge on any atom is -0.323 e. The average Bonchev–Trinajstić information content (AvgIpc) is 2.40. The molecule has 0 aromatic heterocycles. The largest absolute Gasteiger partial charge is 0.323 e. The van der Waals surface area contributed by atoms with Crippen LogP contribution in [0.2, 0.25) is 10.0 Å². The third-order valence-electron chi connectivity index (χ3n) is 2.62. The second-order valence-corrected chi connectivity index (χ2v) is 5.95. The molecule has 0 bridgehead atoms. The molecule has 1 nitrogen and oxygen atoms in total. The summed E-state index contributed by atoms with van der Waals surface area (Å²) in [7, 11) is 0. The first-order chi connectivity index (χ1) is 9.06. The van der Waals surface area contributed by atoms with Gasteiger partial charge in [0.25, 0.3) is 0 Å². The Morgan fingerprint density at radius 3 is 2.37 bits per heavy atom. The van der Waals surface area contributed by atoms with Crippen LogP contribution in [0, 0.1) is 5.82 Å². The van der Waals surface area contributed by atoms with Gasteiger partial charge in [0.1, 0.15) is 5.82 Å². The summed E-state index contributed by atoms with van der Waals surface area (Å²) >= 11 is 13.4. The van der Waals surface area contributed by atoms with Crippen LogP contribution in [0.25, 0.3) is 0 Å². The van der Waals surface area contributed by atoms with Crippen LogP contribution in [0.4, 0.5) is 4.39 Å². The Morgan fingerprint density at radius 1 is 1.05 bits per heavy atom. The van der Waals surface area contributed by atoms with Gasteiger partial charge in [0.2, 0.25) is 0 Å². The van der Waals surface area contributed by atoms with Gasteiger partial charge in [-0.15, -0.1) is 11.8 Å². The van der Waals surface area contributed by atoms with Crippen molar-refractivity contribution in [2.45, 2.75) is 10.9 Å². The highest BCUT2D eigenvalue weighted by molar-refractivity contribution is 7.99. The monoisotopic (exact) mass is 315 g/mol. The lowest BCUT2D eigenvalue weighted by Crippen LogP contribution is -2.12. The van der Waals surface area contributed by atoms with Crippen LogP contribution in [0.3, 0.4) is 0 Å². The fourth-order valence-corrected chi connectivity index (χ4v) is 2.85. The fraction of sp³-hybridized carbons (Fsp3) is 0.143. The summed E-state index contributed by atoms with van der Waals surface area (Å²) in [5.74, 6) is 0.428. The summed E-state index contributed by atoms with van der Waals surface area (Å²) in [5.41, 5.74) is 6.97. The first-order valence-electron chi connectivity index (χ1n) is 5.65. The Hall–Kier alpha value is -0.740. The zero-order valence-corrected chi connectivity index (χ0v) is 12.3.